The quantitative estimate of drug-likeness (QED) is 0.621. The summed E-state index contributed by atoms with van der Waals surface area (Å²) in [6.45, 7) is 4.64. The summed E-state index contributed by atoms with van der Waals surface area (Å²) < 4.78 is 10.8. The van der Waals surface area contributed by atoms with Crippen LogP contribution in [0.4, 0.5) is 0 Å². The van der Waals surface area contributed by atoms with Crippen LogP contribution in [0.5, 0.6) is 5.75 Å². The van der Waals surface area contributed by atoms with Gasteiger partial charge in [0.05, 0.1) is 0 Å². The van der Waals surface area contributed by atoms with E-state index in [4.69, 9.17) is 9.47 Å². The SMILES string of the molecule is CC(=O)Oc1ccc2c(c1)CC[C@@H]1[C@@H]3CCC(=O)[C@]3(C)C[C@H](OC(C)=O)[C@]21O. The van der Waals surface area contributed by atoms with Gasteiger partial charge in [-0.15, -0.1) is 0 Å². The van der Waals surface area contributed by atoms with Gasteiger partial charge in [-0.2, -0.15) is 0 Å². The first kappa shape index (κ1) is 19.1. The van der Waals surface area contributed by atoms with Crippen molar-refractivity contribution in [1.29, 1.82) is 0 Å². The van der Waals surface area contributed by atoms with Crippen molar-refractivity contribution in [3.05, 3.63) is 29.3 Å². The van der Waals surface area contributed by atoms with Gasteiger partial charge in [0.25, 0.3) is 0 Å². The number of ketones is 1. The van der Waals surface area contributed by atoms with E-state index in [0.29, 0.717) is 37.0 Å². The molecule has 1 N–H and O–H groups in total. The first-order valence-electron chi connectivity index (χ1n) is 9.91. The number of esters is 2. The summed E-state index contributed by atoms with van der Waals surface area (Å²) in [6, 6.07) is 5.22. The number of aliphatic hydroxyl groups is 1. The Labute approximate surface area is 164 Å². The Bertz CT molecular complexity index is 861. The van der Waals surface area contributed by atoms with Gasteiger partial charge in [0.2, 0.25) is 0 Å². The molecule has 0 aliphatic heterocycles. The number of aryl methyl sites for hydroxylation is 1. The zero-order valence-electron chi connectivity index (χ0n) is 16.5. The summed E-state index contributed by atoms with van der Waals surface area (Å²) in [4.78, 5) is 35.8. The average Bonchev–Trinajstić information content (AvgIpc) is 2.89. The van der Waals surface area contributed by atoms with Gasteiger partial charge in [0.15, 0.2) is 0 Å². The van der Waals surface area contributed by atoms with E-state index in [9.17, 15) is 19.5 Å². The van der Waals surface area contributed by atoms with Crippen LogP contribution in [0.2, 0.25) is 0 Å². The molecule has 0 unspecified atom stereocenters. The highest BCUT2D eigenvalue weighted by Crippen LogP contribution is 2.62. The minimum absolute atomic E-state index is 0.0677. The number of rotatable bonds is 2. The standard InChI is InChI=1S/C22H26O6/c1-12(23)27-15-5-7-16-14(10-15)4-6-18-17-8-9-19(25)21(17,3)11-20(22(16,18)26)28-13(2)24/h5,7,10,17-18,20,26H,4,6,8-9,11H2,1-3H3/t17-,18+,20-,21+,22-/m0/s1. The third-order valence-corrected chi connectivity index (χ3v) is 7.09. The molecule has 6 nitrogen and oxygen atoms in total. The number of fused-ring (bicyclic) bond motifs is 5. The second-order valence-corrected chi connectivity index (χ2v) is 8.67. The molecular weight excluding hydrogens is 360 g/mol. The van der Waals surface area contributed by atoms with E-state index in [0.717, 1.165) is 12.0 Å². The summed E-state index contributed by atoms with van der Waals surface area (Å²) in [5.41, 5.74) is -0.301. The summed E-state index contributed by atoms with van der Waals surface area (Å²) in [5, 5.41) is 12.0. The number of hydrogen-bond acceptors (Lipinski definition) is 6. The number of carbonyl (C=O) groups is 3. The van der Waals surface area contributed by atoms with Crippen LogP contribution in [0, 0.1) is 17.3 Å². The molecule has 5 atom stereocenters. The lowest BCUT2D eigenvalue weighted by molar-refractivity contribution is -0.214. The maximum atomic E-state index is 12.7. The third-order valence-electron chi connectivity index (χ3n) is 7.09. The lowest BCUT2D eigenvalue weighted by atomic mass is 9.52. The second-order valence-electron chi connectivity index (χ2n) is 8.67. The molecule has 0 radical (unpaired) electrons. The van der Waals surface area contributed by atoms with Crippen molar-refractivity contribution in [2.75, 3.05) is 0 Å². The Hall–Kier alpha value is -2.21. The highest BCUT2D eigenvalue weighted by Gasteiger charge is 2.65. The van der Waals surface area contributed by atoms with Crippen LogP contribution in [0.3, 0.4) is 0 Å². The van der Waals surface area contributed by atoms with Gasteiger partial charge in [-0.05, 0) is 54.4 Å². The van der Waals surface area contributed by atoms with Gasteiger partial charge in [-0.1, -0.05) is 13.0 Å². The van der Waals surface area contributed by atoms with E-state index in [1.807, 2.05) is 6.92 Å². The number of carbonyl (C=O) groups excluding carboxylic acids is 3. The van der Waals surface area contributed by atoms with Gasteiger partial charge in [-0.25, -0.2) is 0 Å². The Kier molecular flexibility index (Phi) is 4.38. The molecule has 0 amide bonds. The van der Waals surface area contributed by atoms with E-state index in [-0.39, 0.29) is 17.6 Å². The molecule has 0 heterocycles. The molecule has 4 rings (SSSR count). The molecule has 0 saturated heterocycles. The predicted octanol–water partition coefficient (Wildman–Crippen LogP) is 2.68. The summed E-state index contributed by atoms with van der Waals surface area (Å²) in [5.74, 6) is -0.315. The maximum Gasteiger partial charge on any atom is 0.308 e. The summed E-state index contributed by atoms with van der Waals surface area (Å²) in [7, 11) is 0. The second kappa shape index (κ2) is 6.41. The van der Waals surface area contributed by atoms with Gasteiger partial charge < -0.3 is 14.6 Å². The van der Waals surface area contributed by atoms with Gasteiger partial charge >= 0.3 is 11.9 Å². The summed E-state index contributed by atoms with van der Waals surface area (Å²) in [6.07, 6.45) is 2.23. The van der Waals surface area contributed by atoms with Crippen molar-refractivity contribution >= 4 is 17.7 Å². The molecule has 6 heteroatoms. The van der Waals surface area contributed by atoms with Crippen LogP contribution >= 0.6 is 0 Å². The molecule has 1 aromatic carbocycles. The third kappa shape index (κ3) is 2.69. The highest BCUT2D eigenvalue weighted by atomic mass is 16.6. The van der Waals surface area contributed by atoms with Crippen LogP contribution in [-0.2, 0) is 31.1 Å². The number of hydrogen-bond donors (Lipinski definition) is 1. The fourth-order valence-electron chi connectivity index (χ4n) is 5.93. The molecule has 0 aromatic heterocycles. The van der Waals surface area contributed by atoms with Crippen molar-refractivity contribution < 1.29 is 29.0 Å². The Morgan fingerprint density at radius 2 is 1.82 bits per heavy atom. The Morgan fingerprint density at radius 3 is 2.50 bits per heavy atom. The summed E-state index contributed by atoms with van der Waals surface area (Å²) >= 11 is 0. The number of ether oxygens (including phenoxy) is 2. The van der Waals surface area contributed by atoms with E-state index in [2.05, 4.69) is 0 Å². The molecule has 3 aliphatic rings. The van der Waals surface area contributed by atoms with Crippen molar-refractivity contribution in [2.24, 2.45) is 17.3 Å². The maximum absolute atomic E-state index is 12.7. The highest BCUT2D eigenvalue weighted by molar-refractivity contribution is 5.87. The van der Waals surface area contributed by atoms with Crippen LogP contribution in [0.15, 0.2) is 18.2 Å². The van der Waals surface area contributed by atoms with Crippen molar-refractivity contribution in [2.45, 2.75) is 64.6 Å². The van der Waals surface area contributed by atoms with Crippen LogP contribution < -0.4 is 4.74 Å². The minimum Gasteiger partial charge on any atom is -0.459 e. The van der Waals surface area contributed by atoms with Crippen LogP contribution in [0.25, 0.3) is 0 Å². The van der Waals surface area contributed by atoms with E-state index in [1.54, 1.807) is 18.2 Å². The van der Waals surface area contributed by atoms with Crippen molar-refractivity contribution in [1.82, 2.24) is 0 Å². The van der Waals surface area contributed by atoms with Gasteiger partial charge in [0.1, 0.15) is 23.2 Å². The fourth-order valence-corrected chi connectivity index (χ4v) is 5.93. The molecule has 2 saturated carbocycles. The average molecular weight is 386 g/mol. The largest absolute Gasteiger partial charge is 0.459 e. The zero-order chi connectivity index (χ0) is 20.3. The molecule has 28 heavy (non-hydrogen) atoms. The predicted molar refractivity (Wildman–Crippen MR) is 99.5 cm³/mol. The smallest absolute Gasteiger partial charge is 0.308 e. The molecular formula is C22H26O6. The first-order valence-corrected chi connectivity index (χ1v) is 9.91. The molecule has 3 aliphatic carbocycles. The lowest BCUT2D eigenvalue weighted by Crippen LogP contribution is -2.60. The molecule has 150 valence electrons. The van der Waals surface area contributed by atoms with Crippen molar-refractivity contribution in [3.63, 3.8) is 0 Å². The van der Waals surface area contributed by atoms with Gasteiger partial charge in [-0.3, -0.25) is 14.4 Å². The van der Waals surface area contributed by atoms with Crippen LogP contribution in [-0.4, -0.2) is 28.9 Å². The fraction of sp³-hybridized carbons (Fsp3) is 0.591. The minimum atomic E-state index is -1.34. The Morgan fingerprint density at radius 1 is 1.11 bits per heavy atom. The number of Topliss-reactive ketones (excluding diaryl/α,β-unsaturated/α-hetero) is 1. The van der Waals surface area contributed by atoms with Crippen LogP contribution in [0.1, 0.15) is 57.6 Å². The topological polar surface area (TPSA) is 89.9 Å². The van der Waals surface area contributed by atoms with Gasteiger partial charge in [0, 0.05) is 32.1 Å². The van der Waals surface area contributed by atoms with E-state index < -0.39 is 29.1 Å². The van der Waals surface area contributed by atoms with Crippen molar-refractivity contribution in [3.8, 4) is 5.75 Å². The van der Waals surface area contributed by atoms with E-state index in [1.165, 1.54) is 13.8 Å². The molecule has 0 spiro atoms. The molecule has 1 aromatic rings. The molecule has 0 bridgehead atoms. The number of benzene rings is 1. The lowest BCUT2D eigenvalue weighted by Gasteiger charge is -2.56. The van der Waals surface area contributed by atoms with E-state index >= 15 is 0 Å². The first-order chi connectivity index (χ1) is 13.2. The molecule has 2 fully saturated rings. The Balaban J connectivity index is 1.81. The monoisotopic (exact) mass is 386 g/mol. The normalized spacial score (nSPS) is 36.1. The zero-order valence-corrected chi connectivity index (χ0v) is 16.5.